The number of nitrogens with zero attached hydrogens (tertiary/aromatic N) is 4. The Morgan fingerprint density at radius 3 is 2.84 bits per heavy atom. The lowest BCUT2D eigenvalue weighted by molar-refractivity contribution is -0.133. The fourth-order valence-corrected chi connectivity index (χ4v) is 2.10. The predicted molar refractivity (Wildman–Crippen MR) is 72.6 cm³/mol. The summed E-state index contributed by atoms with van der Waals surface area (Å²) < 4.78 is 5.67. The topological polar surface area (TPSA) is 59.8 Å². The van der Waals surface area contributed by atoms with E-state index in [-0.39, 0.29) is 12.0 Å². The molecule has 0 bridgehead atoms. The Morgan fingerprint density at radius 1 is 1.47 bits per heavy atom. The van der Waals surface area contributed by atoms with Gasteiger partial charge in [-0.25, -0.2) is 0 Å². The number of morpholine rings is 1. The molecule has 0 saturated carbocycles. The molecule has 1 saturated heterocycles. The number of rotatable bonds is 6. The van der Waals surface area contributed by atoms with Gasteiger partial charge in [-0.15, -0.1) is 0 Å². The maximum atomic E-state index is 12.0. The molecule has 0 radical (unpaired) electrons. The van der Waals surface area contributed by atoms with Crippen molar-refractivity contribution in [3.63, 3.8) is 0 Å². The summed E-state index contributed by atoms with van der Waals surface area (Å²) >= 11 is 0. The van der Waals surface area contributed by atoms with Gasteiger partial charge in [0.25, 0.3) is 0 Å². The van der Waals surface area contributed by atoms with E-state index < -0.39 is 0 Å². The van der Waals surface area contributed by atoms with Gasteiger partial charge in [-0.1, -0.05) is 0 Å². The van der Waals surface area contributed by atoms with Gasteiger partial charge in [-0.05, 0) is 14.1 Å². The van der Waals surface area contributed by atoms with Crippen LogP contribution in [0.3, 0.4) is 0 Å². The van der Waals surface area contributed by atoms with E-state index in [0.717, 1.165) is 19.6 Å². The molecule has 0 aromatic rings. The molecule has 108 valence electrons. The predicted octanol–water partition coefficient (Wildman–Crippen LogP) is -0.379. The van der Waals surface area contributed by atoms with Crippen molar-refractivity contribution in [1.29, 1.82) is 5.26 Å². The highest BCUT2D eigenvalue weighted by Crippen LogP contribution is 2.06. The number of likely N-dealkylation sites (N-methyl/N-ethyl adjacent to an activating group) is 2. The molecule has 0 spiro atoms. The molecule has 6 nitrogen and oxygen atoms in total. The van der Waals surface area contributed by atoms with Crippen LogP contribution in [-0.4, -0.2) is 87.2 Å². The Hall–Kier alpha value is -1.16. The molecule has 1 fully saturated rings. The van der Waals surface area contributed by atoms with Gasteiger partial charge in [0.15, 0.2) is 0 Å². The van der Waals surface area contributed by atoms with Crippen LogP contribution in [0, 0.1) is 11.3 Å². The van der Waals surface area contributed by atoms with Crippen LogP contribution >= 0.6 is 0 Å². The average molecular weight is 268 g/mol. The van der Waals surface area contributed by atoms with Gasteiger partial charge in [0, 0.05) is 33.2 Å². The lowest BCUT2D eigenvalue weighted by atomic mass is 10.2. The van der Waals surface area contributed by atoms with E-state index in [2.05, 4.69) is 15.9 Å². The fourth-order valence-electron chi connectivity index (χ4n) is 2.10. The number of ether oxygens (including phenoxy) is 1. The first-order valence-corrected chi connectivity index (χ1v) is 6.62. The SMILES string of the molecule is CN(C)C[C@@H]1CN(CC(=O)N(C)CCC#N)CCO1. The third kappa shape index (κ3) is 6.01. The fraction of sp³-hybridized carbons (Fsp3) is 0.846. The molecule has 1 amide bonds. The number of carbonyl (C=O) groups excluding carboxylic acids is 1. The highest BCUT2D eigenvalue weighted by Gasteiger charge is 2.23. The van der Waals surface area contributed by atoms with E-state index in [1.54, 1.807) is 11.9 Å². The van der Waals surface area contributed by atoms with Gasteiger partial charge in [-0.2, -0.15) is 5.26 Å². The lowest BCUT2D eigenvalue weighted by Crippen LogP contribution is -2.49. The number of nitriles is 1. The van der Waals surface area contributed by atoms with Crippen LogP contribution in [0.15, 0.2) is 0 Å². The molecule has 19 heavy (non-hydrogen) atoms. The molecule has 1 atom stereocenters. The minimum atomic E-state index is 0.0701. The number of amides is 1. The van der Waals surface area contributed by atoms with Gasteiger partial charge < -0.3 is 14.5 Å². The highest BCUT2D eigenvalue weighted by atomic mass is 16.5. The van der Waals surface area contributed by atoms with Gasteiger partial charge in [0.2, 0.25) is 5.91 Å². The van der Waals surface area contributed by atoms with E-state index in [1.165, 1.54) is 0 Å². The van der Waals surface area contributed by atoms with Crippen molar-refractivity contribution in [3.8, 4) is 6.07 Å². The summed E-state index contributed by atoms with van der Waals surface area (Å²) in [5.41, 5.74) is 0. The van der Waals surface area contributed by atoms with Crippen molar-refractivity contribution in [2.24, 2.45) is 0 Å². The molecule has 0 aromatic carbocycles. The maximum Gasteiger partial charge on any atom is 0.236 e. The summed E-state index contributed by atoms with van der Waals surface area (Å²) in [6, 6.07) is 2.05. The van der Waals surface area contributed by atoms with E-state index in [4.69, 9.17) is 10.00 Å². The van der Waals surface area contributed by atoms with Crippen LogP contribution in [0.2, 0.25) is 0 Å². The maximum absolute atomic E-state index is 12.0. The Bertz CT molecular complexity index is 327. The summed E-state index contributed by atoms with van der Waals surface area (Å²) in [5.74, 6) is 0.0701. The molecular weight excluding hydrogens is 244 g/mol. The molecule has 1 aliphatic heterocycles. The molecular formula is C13H24N4O2. The van der Waals surface area contributed by atoms with Crippen LogP contribution < -0.4 is 0 Å². The van der Waals surface area contributed by atoms with E-state index >= 15 is 0 Å². The largest absolute Gasteiger partial charge is 0.374 e. The van der Waals surface area contributed by atoms with Crippen molar-refractivity contribution >= 4 is 5.91 Å². The van der Waals surface area contributed by atoms with Crippen LogP contribution in [0.25, 0.3) is 0 Å². The third-order valence-corrected chi connectivity index (χ3v) is 3.14. The molecule has 0 N–H and O–H groups in total. The van der Waals surface area contributed by atoms with E-state index in [1.807, 2.05) is 14.1 Å². The summed E-state index contributed by atoms with van der Waals surface area (Å²) in [7, 11) is 5.78. The minimum absolute atomic E-state index is 0.0701. The van der Waals surface area contributed by atoms with Crippen molar-refractivity contribution in [2.45, 2.75) is 12.5 Å². The average Bonchev–Trinajstić information content (AvgIpc) is 2.35. The summed E-state index contributed by atoms with van der Waals surface area (Å²) in [5, 5.41) is 8.52. The molecule has 1 rings (SSSR count). The monoisotopic (exact) mass is 268 g/mol. The third-order valence-electron chi connectivity index (χ3n) is 3.14. The Morgan fingerprint density at radius 2 is 2.21 bits per heavy atom. The van der Waals surface area contributed by atoms with Crippen molar-refractivity contribution in [2.75, 3.05) is 60.5 Å². The Balaban J connectivity index is 2.35. The number of hydrogen-bond donors (Lipinski definition) is 0. The normalized spacial score (nSPS) is 20.3. The van der Waals surface area contributed by atoms with E-state index in [9.17, 15) is 4.79 Å². The van der Waals surface area contributed by atoms with Gasteiger partial charge in [-0.3, -0.25) is 9.69 Å². The van der Waals surface area contributed by atoms with Gasteiger partial charge in [0.1, 0.15) is 0 Å². The van der Waals surface area contributed by atoms with Crippen molar-refractivity contribution in [1.82, 2.24) is 14.7 Å². The Labute approximate surface area is 115 Å². The first-order chi connectivity index (χ1) is 9.02. The van der Waals surface area contributed by atoms with Crippen molar-refractivity contribution in [3.05, 3.63) is 0 Å². The summed E-state index contributed by atoms with van der Waals surface area (Å²) in [6.07, 6.45) is 0.551. The molecule has 0 unspecified atom stereocenters. The second-order valence-corrected chi connectivity index (χ2v) is 5.21. The van der Waals surface area contributed by atoms with Crippen LogP contribution in [-0.2, 0) is 9.53 Å². The zero-order valence-corrected chi connectivity index (χ0v) is 12.1. The second-order valence-electron chi connectivity index (χ2n) is 5.21. The standard InChI is InChI=1S/C13H24N4O2/c1-15(2)9-12-10-17(7-8-19-12)11-13(18)16(3)6-4-5-14/h12H,4,6-11H2,1-3H3/t12-/m1/s1. The molecule has 0 aromatic heterocycles. The quantitative estimate of drug-likeness (QED) is 0.657. The zero-order chi connectivity index (χ0) is 14.3. The second kappa shape index (κ2) is 8.10. The molecule has 0 aliphatic carbocycles. The Kier molecular flexibility index (Phi) is 6.78. The minimum Gasteiger partial charge on any atom is -0.374 e. The number of hydrogen-bond acceptors (Lipinski definition) is 5. The molecule has 6 heteroatoms. The van der Waals surface area contributed by atoms with Gasteiger partial charge >= 0.3 is 0 Å². The number of carbonyl (C=O) groups is 1. The highest BCUT2D eigenvalue weighted by molar-refractivity contribution is 5.78. The molecule has 1 aliphatic rings. The van der Waals surface area contributed by atoms with E-state index in [0.29, 0.717) is 26.1 Å². The first-order valence-electron chi connectivity index (χ1n) is 6.62. The lowest BCUT2D eigenvalue weighted by Gasteiger charge is -2.34. The van der Waals surface area contributed by atoms with Gasteiger partial charge in [0.05, 0.1) is 31.7 Å². The summed E-state index contributed by atoms with van der Waals surface area (Å²) in [4.78, 5) is 17.8. The molecule has 1 heterocycles. The zero-order valence-electron chi connectivity index (χ0n) is 12.1. The smallest absolute Gasteiger partial charge is 0.236 e. The summed E-state index contributed by atoms with van der Waals surface area (Å²) in [6.45, 7) is 4.04. The van der Waals surface area contributed by atoms with Crippen LogP contribution in [0.5, 0.6) is 0 Å². The van der Waals surface area contributed by atoms with Crippen molar-refractivity contribution < 1.29 is 9.53 Å². The first kappa shape index (κ1) is 15.9. The van der Waals surface area contributed by atoms with Crippen LogP contribution in [0.1, 0.15) is 6.42 Å². The van der Waals surface area contributed by atoms with Crippen LogP contribution in [0.4, 0.5) is 0 Å².